The molecule has 0 bridgehead atoms. The van der Waals surface area contributed by atoms with E-state index in [-0.39, 0.29) is 18.5 Å². The first-order valence-corrected chi connectivity index (χ1v) is 19.6. The van der Waals surface area contributed by atoms with Crippen LogP contribution in [-0.2, 0) is 0 Å². The van der Waals surface area contributed by atoms with Crippen LogP contribution in [-0.4, -0.2) is 9.13 Å². The van der Waals surface area contributed by atoms with E-state index in [1.807, 2.05) is 6.07 Å². The summed E-state index contributed by atoms with van der Waals surface area (Å²) in [7, 11) is 0. The highest BCUT2D eigenvalue weighted by Crippen LogP contribution is 2.42. The van der Waals surface area contributed by atoms with Gasteiger partial charge in [0.1, 0.15) is 11.2 Å². The Kier molecular flexibility index (Phi) is 7.25. The number of aromatic nitrogens is 2. The second-order valence-corrected chi connectivity index (χ2v) is 15.1. The number of fused-ring (bicyclic) bond motifs is 9. The minimum Gasteiger partial charge on any atom is -0.456 e. The highest BCUT2D eigenvalue weighted by molar-refractivity contribution is 6.21. The highest BCUT2D eigenvalue weighted by atomic mass is 16.3. The first-order valence-electron chi connectivity index (χ1n) is 19.6. The van der Waals surface area contributed by atoms with Crippen LogP contribution in [0.4, 0.5) is 0 Å². The summed E-state index contributed by atoms with van der Waals surface area (Å²) in [6.07, 6.45) is -0.211. The van der Waals surface area contributed by atoms with E-state index in [1.165, 1.54) is 38.3 Å². The van der Waals surface area contributed by atoms with Crippen molar-refractivity contribution in [3.05, 3.63) is 205 Å². The molecule has 272 valence electrons. The standard InChI is InChI=1S/C51H37N5O/c1-4-15-32(16-5-1)49-52-50(33-17-6-2-7-18-33)54-51(53-49)34-19-14-22-36(27-34)56-43-25-12-10-23-37(43)39-28-45-40(29-44(39)56)41-31-48-42(38-24-11-13-26-47(38)57-48)30-46(41)55(45)35-20-8-3-9-21-35/h1-31,49-54H. The van der Waals surface area contributed by atoms with Crippen molar-refractivity contribution in [2.24, 2.45) is 0 Å². The lowest BCUT2D eigenvalue weighted by Gasteiger charge is -2.39. The molecular formula is C51H37N5O. The largest absolute Gasteiger partial charge is 0.456 e. The van der Waals surface area contributed by atoms with Gasteiger partial charge >= 0.3 is 0 Å². The first kappa shape index (κ1) is 32.3. The summed E-state index contributed by atoms with van der Waals surface area (Å²) in [6.45, 7) is 0. The molecule has 1 aliphatic rings. The van der Waals surface area contributed by atoms with E-state index >= 15 is 0 Å². The second-order valence-electron chi connectivity index (χ2n) is 15.1. The maximum atomic E-state index is 6.46. The molecule has 6 nitrogen and oxygen atoms in total. The van der Waals surface area contributed by atoms with Crippen LogP contribution < -0.4 is 16.0 Å². The molecule has 6 heteroatoms. The Morgan fingerprint density at radius 3 is 1.47 bits per heavy atom. The van der Waals surface area contributed by atoms with Crippen LogP contribution in [0.3, 0.4) is 0 Å². The van der Waals surface area contributed by atoms with Crippen LogP contribution in [0, 0.1) is 0 Å². The Balaban J connectivity index is 1.06. The van der Waals surface area contributed by atoms with E-state index in [4.69, 9.17) is 4.42 Å². The molecule has 2 atom stereocenters. The van der Waals surface area contributed by atoms with E-state index in [0.29, 0.717) is 0 Å². The average Bonchev–Trinajstić information content (AvgIpc) is 3.92. The molecule has 3 N–H and O–H groups in total. The quantitative estimate of drug-likeness (QED) is 0.165. The lowest BCUT2D eigenvalue weighted by molar-refractivity contribution is 0.203. The van der Waals surface area contributed by atoms with Gasteiger partial charge in [-0.2, -0.15) is 0 Å². The van der Waals surface area contributed by atoms with E-state index in [0.717, 1.165) is 55.3 Å². The number of nitrogens with one attached hydrogen (secondary N) is 3. The van der Waals surface area contributed by atoms with Crippen molar-refractivity contribution in [3.63, 3.8) is 0 Å². The SMILES string of the molecule is c1ccc(C2NC(c3ccccc3)NC(c3cccc(-n4c5ccccc5c5cc6c(cc54)c4cc5oc7ccccc7c5cc4n6-c4ccccc4)c3)N2)cc1. The third kappa shape index (κ3) is 5.16. The number of para-hydroxylation sites is 3. The molecule has 0 radical (unpaired) electrons. The van der Waals surface area contributed by atoms with Crippen molar-refractivity contribution in [2.75, 3.05) is 0 Å². The predicted molar refractivity (Wildman–Crippen MR) is 233 cm³/mol. The fraction of sp³-hybridized carbons (Fsp3) is 0.0588. The van der Waals surface area contributed by atoms with Crippen LogP contribution in [0.15, 0.2) is 192 Å². The second kappa shape index (κ2) is 12.8. The zero-order valence-corrected chi connectivity index (χ0v) is 30.9. The van der Waals surface area contributed by atoms with Gasteiger partial charge in [0.05, 0.1) is 40.6 Å². The average molecular weight is 736 g/mol. The van der Waals surface area contributed by atoms with Gasteiger partial charge in [0.2, 0.25) is 0 Å². The smallest absolute Gasteiger partial charge is 0.136 e. The van der Waals surface area contributed by atoms with Crippen molar-refractivity contribution < 1.29 is 4.42 Å². The van der Waals surface area contributed by atoms with Gasteiger partial charge in [-0.1, -0.05) is 127 Å². The molecule has 2 unspecified atom stereocenters. The van der Waals surface area contributed by atoms with Gasteiger partial charge in [0.25, 0.3) is 0 Å². The van der Waals surface area contributed by atoms with E-state index in [1.54, 1.807) is 0 Å². The Bertz CT molecular complexity index is 3240. The number of furan rings is 1. The molecule has 8 aromatic carbocycles. The van der Waals surface area contributed by atoms with Crippen molar-refractivity contribution in [1.82, 2.24) is 25.1 Å². The van der Waals surface area contributed by atoms with Crippen LogP contribution in [0.25, 0.3) is 76.9 Å². The zero-order valence-electron chi connectivity index (χ0n) is 30.9. The fourth-order valence-corrected chi connectivity index (χ4v) is 9.18. The first-order chi connectivity index (χ1) is 28.2. The van der Waals surface area contributed by atoms with Crippen molar-refractivity contribution in [1.29, 1.82) is 0 Å². The summed E-state index contributed by atoms with van der Waals surface area (Å²) >= 11 is 0. The topological polar surface area (TPSA) is 59.1 Å². The molecule has 1 aliphatic heterocycles. The summed E-state index contributed by atoms with van der Waals surface area (Å²) in [5.74, 6) is 0. The predicted octanol–water partition coefficient (Wildman–Crippen LogP) is 12.0. The highest BCUT2D eigenvalue weighted by Gasteiger charge is 2.30. The van der Waals surface area contributed by atoms with Crippen molar-refractivity contribution >= 4 is 65.6 Å². The van der Waals surface area contributed by atoms with Gasteiger partial charge in [0.15, 0.2) is 0 Å². The Morgan fingerprint density at radius 2 is 0.789 bits per heavy atom. The van der Waals surface area contributed by atoms with Crippen molar-refractivity contribution in [2.45, 2.75) is 18.5 Å². The molecule has 4 heterocycles. The van der Waals surface area contributed by atoms with Crippen LogP contribution in [0.1, 0.15) is 35.2 Å². The summed E-state index contributed by atoms with van der Waals surface area (Å²) in [4.78, 5) is 0. The van der Waals surface area contributed by atoms with Gasteiger partial charge in [0, 0.05) is 43.7 Å². The van der Waals surface area contributed by atoms with Gasteiger partial charge in [-0.3, -0.25) is 16.0 Å². The monoisotopic (exact) mass is 735 g/mol. The minimum atomic E-state index is -0.114. The Hall–Kier alpha value is -6.96. The third-order valence-corrected chi connectivity index (χ3v) is 11.8. The summed E-state index contributed by atoms with van der Waals surface area (Å²) < 4.78 is 11.3. The third-order valence-electron chi connectivity index (χ3n) is 11.8. The van der Waals surface area contributed by atoms with Gasteiger partial charge in [-0.05, 0) is 77.4 Å². The number of rotatable bonds is 5. The summed E-state index contributed by atoms with van der Waals surface area (Å²) in [5.41, 5.74) is 12.2. The zero-order chi connectivity index (χ0) is 37.5. The number of hydrogen-bond acceptors (Lipinski definition) is 4. The maximum absolute atomic E-state index is 6.46. The maximum Gasteiger partial charge on any atom is 0.136 e. The molecule has 0 spiro atoms. The van der Waals surface area contributed by atoms with Gasteiger partial charge < -0.3 is 13.6 Å². The van der Waals surface area contributed by atoms with Crippen LogP contribution in [0.2, 0.25) is 0 Å². The number of benzene rings is 8. The molecule has 0 saturated carbocycles. The van der Waals surface area contributed by atoms with E-state index < -0.39 is 0 Å². The van der Waals surface area contributed by atoms with Gasteiger partial charge in [-0.25, -0.2) is 0 Å². The molecule has 3 aromatic heterocycles. The molecular weight excluding hydrogens is 699 g/mol. The number of hydrogen-bond donors (Lipinski definition) is 3. The molecule has 11 aromatic rings. The van der Waals surface area contributed by atoms with Gasteiger partial charge in [-0.15, -0.1) is 0 Å². The van der Waals surface area contributed by atoms with E-state index in [2.05, 4.69) is 207 Å². The Labute approximate surface area is 328 Å². The minimum absolute atomic E-state index is 0.0482. The molecule has 1 saturated heterocycles. The van der Waals surface area contributed by atoms with E-state index in [9.17, 15) is 0 Å². The summed E-state index contributed by atoms with van der Waals surface area (Å²) in [6, 6.07) is 67.4. The molecule has 1 fully saturated rings. The lowest BCUT2D eigenvalue weighted by Crippen LogP contribution is -2.54. The van der Waals surface area contributed by atoms with Crippen LogP contribution >= 0.6 is 0 Å². The fourth-order valence-electron chi connectivity index (χ4n) is 9.18. The molecule has 0 aliphatic carbocycles. The van der Waals surface area contributed by atoms with Crippen molar-refractivity contribution in [3.8, 4) is 11.4 Å². The lowest BCUT2D eigenvalue weighted by atomic mass is 10.0. The normalized spacial score (nSPS) is 17.4. The van der Waals surface area contributed by atoms with Crippen LogP contribution in [0.5, 0.6) is 0 Å². The molecule has 57 heavy (non-hydrogen) atoms. The molecule has 0 amide bonds. The Morgan fingerprint density at radius 1 is 0.316 bits per heavy atom. The molecule has 12 rings (SSSR count). The summed E-state index contributed by atoms with van der Waals surface area (Å²) in [5, 5.41) is 18.6. The number of nitrogens with zero attached hydrogens (tertiary/aromatic N) is 2.